The molecule has 1 atom stereocenters. The molecule has 3 N–H and O–H groups in total. The van der Waals surface area contributed by atoms with Gasteiger partial charge in [0, 0.05) is 13.6 Å². The zero-order valence-electron chi connectivity index (χ0n) is 10.0. The highest BCUT2D eigenvalue weighted by molar-refractivity contribution is 5.83. The zero-order chi connectivity index (χ0) is 13.5. The van der Waals surface area contributed by atoms with Crippen LogP contribution in [0.25, 0.3) is 0 Å². The summed E-state index contributed by atoms with van der Waals surface area (Å²) in [7, 11) is 1.48. The lowest BCUT2D eigenvalue weighted by Crippen LogP contribution is -2.42. The van der Waals surface area contributed by atoms with Gasteiger partial charge in [0.2, 0.25) is 0 Å². The maximum Gasteiger partial charge on any atom is 0.330 e. The third-order valence-corrected chi connectivity index (χ3v) is 2.43. The molecular weight excluding hydrogens is 236 g/mol. The van der Waals surface area contributed by atoms with Gasteiger partial charge in [0.25, 0.3) is 0 Å². The lowest BCUT2D eigenvalue weighted by atomic mass is 10.1. The molecule has 0 aromatic heterocycles. The van der Waals surface area contributed by atoms with Crippen LogP contribution in [-0.2, 0) is 4.79 Å². The van der Waals surface area contributed by atoms with Crippen molar-refractivity contribution in [2.24, 2.45) is 0 Å². The van der Waals surface area contributed by atoms with Crippen LogP contribution >= 0.6 is 0 Å². The summed E-state index contributed by atoms with van der Waals surface area (Å²) in [6, 6.07) is 6.79. The number of aliphatic hydroxyl groups is 1. The lowest BCUT2D eigenvalue weighted by Gasteiger charge is -2.20. The number of rotatable bonds is 5. The molecule has 6 nitrogen and oxygen atoms in total. The van der Waals surface area contributed by atoms with Gasteiger partial charge in [-0.2, -0.15) is 0 Å². The fourth-order valence-corrected chi connectivity index (χ4v) is 1.42. The Hall–Kier alpha value is -2.08. The van der Waals surface area contributed by atoms with E-state index in [1.165, 1.54) is 11.9 Å². The van der Waals surface area contributed by atoms with Gasteiger partial charge in [-0.15, -0.1) is 0 Å². The summed E-state index contributed by atoms with van der Waals surface area (Å²) in [6.45, 7) is -0.0278. The van der Waals surface area contributed by atoms with E-state index in [9.17, 15) is 9.59 Å². The van der Waals surface area contributed by atoms with Crippen LogP contribution in [0, 0.1) is 0 Å². The van der Waals surface area contributed by atoms with Crippen LogP contribution in [0.15, 0.2) is 30.3 Å². The lowest BCUT2D eigenvalue weighted by molar-refractivity contribution is -0.139. The maximum atomic E-state index is 11.7. The molecule has 0 heterocycles. The number of amides is 2. The second-order valence-electron chi connectivity index (χ2n) is 3.78. The molecule has 0 aliphatic heterocycles. The molecule has 0 bridgehead atoms. The summed E-state index contributed by atoms with van der Waals surface area (Å²) in [5.41, 5.74) is 0.496. The third kappa shape index (κ3) is 3.74. The molecule has 0 fully saturated rings. The molecule has 1 aromatic carbocycles. The molecule has 18 heavy (non-hydrogen) atoms. The zero-order valence-corrected chi connectivity index (χ0v) is 10.0. The first-order valence-corrected chi connectivity index (χ1v) is 5.46. The van der Waals surface area contributed by atoms with E-state index < -0.39 is 18.0 Å². The van der Waals surface area contributed by atoms with Gasteiger partial charge >= 0.3 is 12.0 Å². The van der Waals surface area contributed by atoms with Gasteiger partial charge in [-0.05, 0) is 5.56 Å². The van der Waals surface area contributed by atoms with Gasteiger partial charge in [-0.1, -0.05) is 30.3 Å². The predicted octanol–water partition coefficient (Wildman–Crippen LogP) is 0.446. The second kappa shape index (κ2) is 6.61. The van der Waals surface area contributed by atoms with Crippen molar-refractivity contribution in [1.82, 2.24) is 10.2 Å². The Kier molecular flexibility index (Phi) is 5.13. The first-order chi connectivity index (χ1) is 8.56. The molecule has 0 spiro atoms. The highest BCUT2D eigenvalue weighted by Gasteiger charge is 2.23. The highest BCUT2D eigenvalue weighted by Crippen LogP contribution is 2.12. The smallest absolute Gasteiger partial charge is 0.330 e. The molecule has 1 rings (SSSR count). The van der Waals surface area contributed by atoms with Gasteiger partial charge in [-0.25, -0.2) is 9.59 Å². The SMILES string of the molecule is CN(CCO)C(=O)NC(C(=O)O)c1ccccc1. The van der Waals surface area contributed by atoms with E-state index in [2.05, 4.69) is 5.32 Å². The summed E-state index contributed by atoms with van der Waals surface area (Å²) in [5.74, 6) is -1.13. The minimum atomic E-state index is -1.13. The standard InChI is InChI=1S/C12H16N2O4/c1-14(7-8-15)12(18)13-10(11(16)17)9-5-3-2-4-6-9/h2-6,10,15H,7-8H2,1H3,(H,13,18)(H,16,17). The Morgan fingerprint density at radius 1 is 1.33 bits per heavy atom. The van der Waals surface area contributed by atoms with E-state index in [0.29, 0.717) is 5.56 Å². The van der Waals surface area contributed by atoms with Crippen LogP contribution in [0.5, 0.6) is 0 Å². The molecule has 2 amide bonds. The number of carbonyl (C=O) groups is 2. The van der Waals surface area contributed by atoms with Crippen molar-refractivity contribution in [3.63, 3.8) is 0 Å². The van der Waals surface area contributed by atoms with E-state index in [1.54, 1.807) is 30.3 Å². The Morgan fingerprint density at radius 3 is 2.44 bits per heavy atom. The van der Waals surface area contributed by atoms with Crippen molar-refractivity contribution in [1.29, 1.82) is 0 Å². The number of nitrogens with one attached hydrogen (secondary N) is 1. The second-order valence-corrected chi connectivity index (χ2v) is 3.78. The normalized spacial score (nSPS) is 11.7. The molecule has 1 aromatic rings. The number of carboxylic acids is 1. The Bertz CT molecular complexity index is 408. The summed E-state index contributed by atoms with van der Waals surface area (Å²) in [6.07, 6.45) is 0. The number of hydrogen-bond acceptors (Lipinski definition) is 3. The fraction of sp³-hybridized carbons (Fsp3) is 0.333. The molecule has 6 heteroatoms. The van der Waals surface area contributed by atoms with E-state index in [1.807, 2.05) is 0 Å². The molecule has 1 unspecified atom stereocenters. The summed E-state index contributed by atoms with van der Waals surface area (Å²) in [5, 5.41) is 20.2. The van der Waals surface area contributed by atoms with Crippen LogP contribution in [0.4, 0.5) is 4.79 Å². The van der Waals surface area contributed by atoms with Crippen LogP contribution in [0.1, 0.15) is 11.6 Å². The van der Waals surface area contributed by atoms with E-state index in [-0.39, 0.29) is 13.2 Å². The van der Waals surface area contributed by atoms with Gasteiger partial charge < -0.3 is 20.4 Å². The number of nitrogens with zero attached hydrogens (tertiary/aromatic N) is 1. The van der Waals surface area contributed by atoms with Crippen molar-refractivity contribution in [3.8, 4) is 0 Å². The molecular formula is C12H16N2O4. The fourth-order valence-electron chi connectivity index (χ4n) is 1.42. The number of carboxylic acid groups (broad SMARTS) is 1. The number of hydrogen-bond donors (Lipinski definition) is 3. The quantitative estimate of drug-likeness (QED) is 0.709. The number of carbonyl (C=O) groups excluding carboxylic acids is 1. The third-order valence-electron chi connectivity index (χ3n) is 2.43. The van der Waals surface area contributed by atoms with E-state index >= 15 is 0 Å². The topological polar surface area (TPSA) is 89.9 Å². The van der Waals surface area contributed by atoms with Crippen molar-refractivity contribution in [2.75, 3.05) is 20.2 Å². The Labute approximate surface area is 105 Å². The molecule has 0 saturated carbocycles. The highest BCUT2D eigenvalue weighted by atomic mass is 16.4. The minimum Gasteiger partial charge on any atom is -0.479 e. The predicted molar refractivity (Wildman–Crippen MR) is 65.1 cm³/mol. The first kappa shape index (κ1) is 14.0. The molecule has 0 radical (unpaired) electrons. The average molecular weight is 252 g/mol. The number of urea groups is 1. The largest absolute Gasteiger partial charge is 0.479 e. The van der Waals surface area contributed by atoms with Crippen molar-refractivity contribution in [3.05, 3.63) is 35.9 Å². The van der Waals surface area contributed by atoms with Gasteiger partial charge in [0.15, 0.2) is 6.04 Å². The summed E-state index contributed by atoms with van der Waals surface area (Å²) in [4.78, 5) is 24.0. The van der Waals surface area contributed by atoms with Gasteiger partial charge in [0.05, 0.1) is 6.61 Å². The molecule has 0 aliphatic carbocycles. The molecule has 0 aliphatic rings. The van der Waals surface area contributed by atoms with Crippen molar-refractivity contribution in [2.45, 2.75) is 6.04 Å². The number of benzene rings is 1. The molecule has 0 saturated heterocycles. The number of aliphatic hydroxyl groups excluding tert-OH is 1. The van der Waals surface area contributed by atoms with Crippen LogP contribution < -0.4 is 5.32 Å². The van der Waals surface area contributed by atoms with Gasteiger partial charge in [-0.3, -0.25) is 0 Å². The van der Waals surface area contributed by atoms with E-state index in [4.69, 9.17) is 10.2 Å². The number of aliphatic carboxylic acids is 1. The number of likely N-dealkylation sites (N-methyl/N-ethyl adjacent to an activating group) is 1. The van der Waals surface area contributed by atoms with Gasteiger partial charge in [0.1, 0.15) is 0 Å². The monoisotopic (exact) mass is 252 g/mol. The Morgan fingerprint density at radius 2 is 1.94 bits per heavy atom. The first-order valence-electron chi connectivity index (χ1n) is 5.46. The van der Waals surface area contributed by atoms with E-state index in [0.717, 1.165) is 0 Å². The summed E-state index contributed by atoms with van der Waals surface area (Å²) < 4.78 is 0. The Balaban J connectivity index is 2.76. The van der Waals surface area contributed by atoms with Crippen LogP contribution in [-0.4, -0.2) is 47.3 Å². The van der Waals surface area contributed by atoms with Crippen molar-refractivity contribution >= 4 is 12.0 Å². The minimum absolute atomic E-state index is 0.146. The summed E-state index contributed by atoms with van der Waals surface area (Å²) >= 11 is 0. The maximum absolute atomic E-state index is 11.7. The van der Waals surface area contributed by atoms with Crippen molar-refractivity contribution < 1.29 is 19.8 Å². The van der Waals surface area contributed by atoms with Crippen LogP contribution in [0.2, 0.25) is 0 Å². The molecule has 98 valence electrons. The average Bonchev–Trinajstić information content (AvgIpc) is 2.36. The van der Waals surface area contributed by atoms with Crippen LogP contribution in [0.3, 0.4) is 0 Å².